The van der Waals surface area contributed by atoms with Crippen molar-refractivity contribution in [3.63, 3.8) is 0 Å². The number of anilines is 1. The Morgan fingerprint density at radius 2 is 1.76 bits per heavy atom. The third-order valence-electron chi connectivity index (χ3n) is 6.66. The third kappa shape index (κ3) is 7.44. The van der Waals surface area contributed by atoms with Crippen LogP contribution in [0, 0.1) is 0 Å². The summed E-state index contributed by atoms with van der Waals surface area (Å²) in [6, 6.07) is 19.1. The van der Waals surface area contributed by atoms with Crippen molar-refractivity contribution in [2.24, 2.45) is 0 Å². The molecule has 1 aliphatic heterocycles. The number of ether oxygens (including phenoxy) is 2. The lowest BCUT2D eigenvalue weighted by Gasteiger charge is -2.32. The summed E-state index contributed by atoms with van der Waals surface area (Å²) in [5.41, 5.74) is -0.911. The van der Waals surface area contributed by atoms with Crippen LogP contribution in [0.4, 0.5) is 5.69 Å². The first-order chi connectivity index (χ1) is 21.4. The minimum Gasteiger partial charge on any atom is -0.456 e. The molecule has 2 unspecified atom stereocenters. The van der Waals surface area contributed by atoms with Crippen LogP contribution in [0.25, 0.3) is 5.69 Å². The van der Waals surface area contributed by atoms with Gasteiger partial charge in [-0.05, 0) is 61.0 Å². The summed E-state index contributed by atoms with van der Waals surface area (Å²) in [6.07, 6.45) is 1.30. The van der Waals surface area contributed by atoms with Crippen LogP contribution < -0.4 is 20.7 Å². The SMILES string of the molecule is CC(C)(C)OC(=O)C1(NC(=O)C(Cc2ccccc2)NC(=O)C(=O)Nc2cc(Cl)ccc2-n2cnnn2)Cc2ccccc2O1. The van der Waals surface area contributed by atoms with Gasteiger partial charge in [-0.2, -0.15) is 4.68 Å². The Morgan fingerprint density at radius 1 is 1.02 bits per heavy atom. The van der Waals surface area contributed by atoms with Crippen molar-refractivity contribution in [1.82, 2.24) is 30.8 Å². The third-order valence-corrected chi connectivity index (χ3v) is 6.90. The number of benzene rings is 3. The van der Waals surface area contributed by atoms with Crippen molar-refractivity contribution in [3.8, 4) is 11.4 Å². The van der Waals surface area contributed by atoms with Gasteiger partial charge in [0.25, 0.3) is 5.72 Å². The van der Waals surface area contributed by atoms with Crippen LogP contribution in [0.5, 0.6) is 5.75 Å². The number of carbonyl (C=O) groups is 4. The Bertz CT molecular complexity index is 1700. The number of esters is 1. The highest BCUT2D eigenvalue weighted by atomic mass is 35.5. The van der Waals surface area contributed by atoms with Gasteiger partial charge in [0.1, 0.15) is 23.7 Å². The fourth-order valence-corrected chi connectivity index (χ4v) is 4.84. The van der Waals surface area contributed by atoms with Crippen LogP contribution in [0.15, 0.2) is 79.1 Å². The minimum absolute atomic E-state index is 0.00389. The normalized spacial score (nSPS) is 16.1. The molecule has 5 rings (SSSR count). The summed E-state index contributed by atoms with van der Waals surface area (Å²) in [7, 11) is 0. The maximum atomic E-state index is 13.9. The standard InChI is InChI=1S/C31H30ClN7O6/c1-30(2,3)45-29(43)31(17-20-11-7-8-12-25(20)44-31)36-26(40)23(15-19-9-5-4-6-10-19)35-28(42)27(41)34-22-16-21(32)13-14-24(22)39-18-33-37-38-39/h4-14,16,18,23H,15,17H2,1-3H3,(H,34,41)(H,35,42)(H,36,40). The average Bonchev–Trinajstić information content (AvgIpc) is 3.65. The first-order valence-corrected chi connectivity index (χ1v) is 14.3. The van der Waals surface area contributed by atoms with Gasteiger partial charge in [0.05, 0.1) is 11.4 Å². The number of aromatic nitrogens is 4. The van der Waals surface area contributed by atoms with E-state index >= 15 is 0 Å². The van der Waals surface area contributed by atoms with E-state index in [1.165, 1.54) is 17.1 Å². The van der Waals surface area contributed by atoms with E-state index in [1.54, 1.807) is 87.5 Å². The largest absolute Gasteiger partial charge is 0.456 e. The smallest absolute Gasteiger partial charge is 0.373 e. The van der Waals surface area contributed by atoms with Gasteiger partial charge in [-0.3, -0.25) is 14.4 Å². The van der Waals surface area contributed by atoms with Gasteiger partial charge in [-0.25, -0.2) is 4.79 Å². The van der Waals surface area contributed by atoms with Crippen LogP contribution in [-0.2, 0) is 36.8 Å². The van der Waals surface area contributed by atoms with Gasteiger partial charge >= 0.3 is 17.8 Å². The molecule has 2 heterocycles. The Labute approximate surface area is 263 Å². The second-order valence-corrected chi connectivity index (χ2v) is 11.7. The van der Waals surface area contributed by atoms with E-state index in [4.69, 9.17) is 21.1 Å². The van der Waals surface area contributed by atoms with Crippen LogP contribution in [0.2, 0.25) is 5.02 Å². The number of hydrogen-bond donors (Lipinski definition) is 3. The molecule has 3 N–H and O–H groups in total. The van der Waals surface area contributed by atoms with Crippen molar-refractivity contribution in [1.29, 1.82) is 0 Å². The lowest BCUT2D eigenvalue weighted by molar-refractivity contribution is -0.177. The Kier molecular flexibility index (Phi) is 8.82. The van der Waals surface area contributed by atoms with E-state index in [1.807, 2.05) is 0 Å². The first-order valence-electron chi connectivity index (χ1n) is 13.9. The fourth-order valence-electron chi connectivity index (χ4n) is 4.66. The van der Waals surface area contributed by atoms with Gasteiger partial charge in [0, 0.05) is 23.4 Å². The maximum Gasteiger partial charge on any atom is 0.373 e. The zero-order chi connectivity index (χ0) is 32.2. The number of rotatable bonds is 8. The molecule has 232 valence electrons. The van der Waals surface area contributed by atoms with Crippen molar-refractivity contribution in [2.75, 3.05) is 5.32 Å². The number of nitrogens with zero attached hydrogens (tertiary/aromatic N) is 4. The number of para-hydroxylation sites is 1. The van der Waals surface area contributed by atoms with Gasteiger partial charge in [0.15, 0.2) is 0 Å². The molecule has 1 aromatic heterocycles. The molecule has 0 radical (unpaired) electrons. The summed E-state index contributed by atoms with van der Waals surface area (Å²) in [5.74, 6) is -3.36. The van der Waals surface area contributed by atoms with Crippen molar-refractivity contribution >= 4 is 41.0 Å². The highest BCUT2D eigenvalue weighted by Gasteiger charge is 2.51. The number of halogens is 1. The van der Waals surface area contributed by atoms with Gasteiger partial charge in [0.2, 0.25) is 5.91 Å². The molecule has 45 heavy (non-hydrogen) atoms. The van der Waals surface area contributed by atoms with Crippen LogP contribution in [0.3, 0.4) is 0 Å². The highest BCUT2D eigenvalue weighted by molar-refractivity contribution is 6.40. The molecule has 14 heteroatoms. The molecule has 0 fully saturated rings. The minimum atomic E-state index is -1.91. The monoisotopic (exact) mass is 631 g/mol. The number of amides is 3. The molecule has 0 bridgehead atoms. The summed E-state index contributed by atoms with van der Waals surface area (Å²) in [4.78, 5) is 53.8. The zero-order valence-corrected chi connectivity index (χ0v) is 25.4. The van der Waals surface area contributed by atoms with Crippen molar-refractivity contribution in [2.45, 2.75) is 51.0 Å². The van der Waals surface area contributed by atoms with Crippen LogP contribution in [-0.4, -0.2) is 61.3 Å². The quantitative estimate of drug-likeness (QED) is 0.196. The molecule has 3 amide bonds. The summed E-state index contributed by atoms with van der Waals surface area (Å²) < 4.78 is 13.0. The van der Waals surface area contributed by atoms with E-state index < -0.39 is 41.1 Å². The molecular formula is C31H30ClN7O6. The van der Waals surface area contributed by atoms with E-state index in [0.29, 0.717) is 22.6 Å². The topological polar surface area (TPSA) is 166 Å². The zero-order valence-electron chi connectivity index (χ0n) is 24.6. The Morgan fingerprint density at radius 3 is 2.44 bits per heavy atom. The Hall–Kier alpha value is -5.30. The fraction of sp³-hybridized carbons (Fsp3) is 0.258. The number of tetrazole rings is 1. The van der Waals surface area contributed by atoms with Crippen molar-refractivity contribution in [3.05, 3.63) is 95.3 Å². The maximum absolute atomic E-state index is 13.9. The Balaban J connectivity index is 1.39. The predicted octanol–water partition coefficient (Wildman–Crippen LogP) is 2.77. The first kappa shape index (κ1) is 31.1. The van der Waals surface area contributed by atoms with Gasteiger partial charge < -0.3 is 25.4 Å². The van der Waals surface area contributed by atoms with E-state index in [2.05, 4.69) is 31.5 Å². The highest BCUT2D eigenvalue weighted by Crippen LogP contribution is 2.35. The molecule has 3 aromatic carbocycles. The van der Waals surface area contributed by atoms with Gasteiger partial charge in [-0.15, -0.1) is 5.10 Å². The van der Waals surface area contributed by atoms with Gasteiger partial charge in [-0.1, -0.05) is 60.1 Å². The molecule has 0 spiro atoms. The summed E-state index contributed by atoms with van der Waals surface area (Å²) in [6.45, 7) is 5.10. The molecular weight excluding hydrogens is 602 g/mol. The van der Waals surface area contributed by atoms with Crippen LogP contribution >= 0.6 is 11.6 Å². The summed E-state index contributed by atoms with van der Waals surface area (Å²) in [5, 5.41) is 19.0. The average molecular weight is 632 g/mol. The lowest BCUT2D eigenvalue weighted by Crippen LogP contribution is -2.64. The number of carbonyl (C=O) groups excluding carboxylic acids is 4. The van der Waals surface area contributed by atoms with Crippen molar-refractivity contribution < 1.29 is 28.7 Å². The van der Waals surface area contributed by atoms with Crippen LogP contribution in [0.1, 0.15) is 31.9 Å². The van der Waals surface area contributed by atoms with E-state index in [0.717, 1.165) is 0 Å². The molecule has 0 saturated heterocycles. The molecule has 1 aliphatic rings. The number of nitrogens with one attached hydrogen (secondary N) is 3. The second-order valence-electron chi connectivity index (χ2n) is 11.3. The molecule has 13 nitrogen and oxygen atoms in total. The number of fused-ring (bicyclic) bond motifs is 1. The molecule has 0 saturated carbocycles. The number of hydrogen-bond acceptors (Lipinski definition) is 9. The second kappa shape index (κ2) is 12.7. The van der Waals surface area contributed by atoms with E-state index in [-0.39, 0.29) is 23.6 Å². The van der Waals surface area contributed by atoms with E-state index in [9.17, 15) is 19.2 Å². The molecule has 4 aromatic rings. The predicted molar refractivity (Wildman–Crippen MR) is 162 cm³/mol. The lowest BCUT2D eigenvalue weighted by atomic mass is 10.0. The molecule has 0 aliphatic carbocycles. The molecule has 2 atom stereocenters. The summed E-state index contributed by atoms with van der Waals surface area (Å²) >= 11 is 6.14.